The molecule has 0 amide bonds. The summed E-state index contributed by atoms with van der Waals surface area (Å²) in [5.41, 5.74) is 1.19. The lowest BCUT2D eigenvalue weighted by Crippen LogP contribution is -2.00. The highest BCUT2D eigenvalue weighted by Gasteiger charge is 2.08. The van der Waals surface area contributed by atoms with Crippen molar-refractivity contribution >= 4 is 32.8 Å². The molecule has 3 rings (SSSR count). The summed E-state index contributed by atoms with van der Waals surface area (Å²) in [6.45, 7) is 0.676. The van der Waals surface area contributed by atoms with E-state index >= 15 is 0 Å². The second-order valence-corrected chi connectivity index (χ2v) is 4.47. The van der Waals surface area contributed by atoms with Crippen LogP contribution < -0.4 is 4.74 Å². The molecule has 2 aromatic rings. The third-order valence-electron chi connectivity index (χ3n) is 2.60. The van der Waals surface area contributed by atoms with Crippen LogP contribution in [0.1, 0.15) is 5.56 Å². The lowest BCUT2D eigenvalue weighted by Gasteiger charge is -2.14. The molecule has 1 heterocycles. The van der Waals surface area contributed by atoms with Crippen molar-refractivity contribution in [1.29, 1.82) is 0 Å². The predicted molar refractivity (Wildman–Crippen MR) is 66.2 cm³/mol. The van der Waals surface area contributed by atoms with Crippen LogP contribution in [0.2, 0.25) is 0 Å². The molecular formula is C13H9BrO. The minimum absolute atomic E-state index is 0.676. The van der Waals surface area contributed by atoms with Crippen molar-refractivity contribution in [3.05, 3.63) is 46.4 Å². The Morgan fingerprint density at radius 1 is 1.13 bits per heavy atom. The molecule has 0 bridgehead atoms. The van der Waals surface area contributed by atoms with Crippen LogP contribution >= 0.6 is 15.9 Å². The molecule has 0 atom stereocenters. The number of hydrogen-bond acceptors (Lipinski definition) is 1. The zero-order valence-corrected chi connectivity index (χ0v) is 9.62. The second kappa shape index (κ2) is 3.38. The van der Waals surface area contributed by atoms with Crippen molar-refractivity contribution < 1.29 is 4.74 Å². The molecule has 2 aromatic carbocycles. The maximum absolute atomic E-state index is 5.56. The number of halogens is 1. The molecule has 0 saturated carbocycles. The summed E-state index contributed by atoms with van der Waals surface area (Å²) in [5.74, 6) is 0.979. The predicted octanol–water partition coefficient (Wildman–Crippen LogP) is 4.01. The topological polar surface area (TPSA) is 9.23 Å². The van der Waals surface area contributed by atoms with Gasteiger partial charge < -0.3 is 4.74 Å². The molecule has 0 unspecified atom stereocenters. The average molecular weight is 261 g/mol. The van der Waals surface area contributed by atoms with Gasteiger partial charge >= 0.3 is 0 Å². The summed E-state index contributed by atoms with van der Waals surface area (Å²) in [5, 5.41) is 2.48. The highest BCUT2D eigenvalue weighted by Crippen LogP contribution is 2.32. The first-order chi connectivity index (χ1) is 7.34. The van der Waals surface area contributed by atoms with E-state index in [-0.39, 0.29) is 0 Å². The Morgan fingerprint density at radius 3 is 3.00 bits per heavy atom. The van der Waals surface area contributed by atoms with Crippen LogP contribution in [0.4, 0.5) is 0 Å². The molecule has 0 saturated heterocycles. The summed E-state index contributed by atoms with van der Waals surface area (Å²) < 4.78 is 6.67. The van der Waals surface area contributed by atoms with Crippen molar-refractivity contribution in [3.63, 3.8) is 0 Å². The molecular weight excluding hydrogens is 252 g/mol. The van der Waals surface area contributed by atoms with Crippen LogP contribution in [0.15, 0.2) is 40.9 Å². The molecule has 0 aliphatic carbocycles. The van der Waals surface area contributed by atoms with E-state index in [0.717, 1.165) is 10.2 Å². The van der Waals surface area contributed by atoms with Gasteiger partial charge in [-0.3, -0.25) is 0 Å². The summed E-state index contributed by atoms with van der Waals surface area (Å²) >= 11 is 3.48. The molecule has 0 spiro atoms. The van der Waals surface area contributed by atoms with Crippen LogP contribution in [0.3, 0.4) is 0 Å². The van der Waals surface area contributed by atoms with E-state index < -0.39 is 0 Å². The summed E-state index contributed by atoms with van der Waals surface area (Å²) in [6.07, 6.45) is 4.18. The lowest BCUT2D eigenvalue weighted by molar-refractivity contribution is 0.359. The number of fused-ring (bicyclic) bond motifs is 3. The zero-order chi connectivity index (χ0) is 10.3. The molecule has 0 fully saturated rings. The fourth-order valence-corrected chi connectivity index (χ4v) is 2.29. The average Bonchev–Trinajstić information content (AvgIpc) is 2.28. The van der Waals surface area contributed by atoms with Gasteiger partial charge in [0.2, 0.25) is 0 Å². The fourth-order valence-electron chi connectivity index (χ4n) is 1.91. The summed E-state index contributed by atoms with van der Waals surface area (Å²) in [4.78, 5) is 0. The Kier molecular flexibility index (Phi) is 2.03. The van der Waals surface area contributed by atoms with Crippen LogP contribution in [0.5, 0.6) is 5.75 Å². The van der Waals surface area contributed by atoms with Crippen LogP contribution in [0.25, 0.3) is 16.8 Å². The zero-order valence-electron chi connectivity index (χ0n) is 8.03. The highest BCUT2D eigenvalue weighted by molar-refractivity contribution is 9.10. The van der Waals surface area contributed by atoms with Gasteiger partial charge in [0.1, 0.15) is 12.4 Å². The third kappa shape index (κ3) is 1.45. The number of benzene rings is 2. The fraction of sp³-hybridized carbons (Fsp3) is 0.0769. The Labute approximate surface area is 96.5 Å². The normalized spacial score (nSPS) is 13.7. The standard InChI is InChI=1S/C13H9BrO/c14-10-4-5-11-9(8-10)3-6-13-12(11)2-1-7-15-13/h1-6,8H,7H2. The van der Waals surface area contributed by atoms with Gasteiger partial charge in [-0.15, -0.1) is 0 Å². The monoisotopic (exact) mass is 260 g/mol. The molecule has 0 N–H and O–H groups in total. The van der Waals surface area contributed by atoms with Gasteiger partial charge in [-0.05, 0) is 35.0 Å². The summed E-state index contributed by atoms with van der Waals surface area (Å²) in [7, 11) is 0. The van der Waals surface area contributed by atoms with E-state index in [4.69, 9.17) is 4.74 Å². The number of hydrogen-bond donors (Lipinski definition) is 0. The van der Waals surface area contributed by atoms with E-state index in [1.807, 2.05) is 12.1 Å². The van der Waals surface area contributed by atoms with E-state index in [1.165, 1.54) is 16.3 Å². The second-order valence-electron chi connectivity index (χ2n) is 3.56. The van der Waals surface area contributed by atoms with Crippen LogP contribution in [-0.2, 0) is 0 Å². The Morgan fingerprint density at radius 2 is 2.07 bits per heavy atom. The lowest BCUT2D eigenvalue weighted by atomic mass is 10.0. The third-order valence-corrected chi connectivity index (χ3v) is 3.10. The maximum atomic E-state index is 5.56. The van der Waals surface area contributed by atoms with Crippen molar-refractivity contribution in [2.45, 2.75) is 0 Å². The SMILES string of the molecule is Brc1ccc2c3c(ccc2c1)OCC=C3. The first-order valence-electron chi connectivity index (χ1n) is 4.86. The van der Waals surface area contributed by atoms with E-state index in [2.05, 4.69) is 46.3 Å². The molecule has 74 valence electrons. The minimum Gasteiger partial charge on any atom is -0.489 e. The molecule has 15 heavy (non-hydrogen) atoms. The smallest absolute Gasteiger partial charge is 0.127 e. The van der Waals surface area contributed by atoms with Crippen molar-refractivity contribution in [3.8, 4) is 5.75 Å². The van der Waals surface area contributed by atoms with Gasteiger partial charge in [-0.25, -0.2) is 0 Å². The van der Waals surface area contributed by atoms with Crippen LogP contribution in [-0.4, -0.2) is 6.61 Å². The van der Waals surface area contributed by atoms with Gasteiger partial charge in [0, 0.05) is 10.0 Å². The van der Waals surface area contributed by atoms with Crippen LogP contribution in [0, 0.1) is 0 Å². The highest BCUT2D eigenvalue weighted by atomic mass is 79.9. The molecule has 2 heteroatoms. The molecule has 0 aromatic heterocycles. The Balaban J connectivity index is 2.38. The van der Waals surface area contributed by atoms with Crippen molar-refractivity contribution in [2.75, 3.05) is 6.61 Å². The first kappa shape index (κ1) is 8.98. The number of ether oxygens (including phenoxy) is 1. The summed E-state index contributed by atoms with van der Waals surface area (Å²) in [6, 6.07) is 10.4. The van der Waals surface area contributed by atoms with Gasteiger partial charge in [-0.2, -0.15) is 0 Å². The molecule has 0 radical (unpaired) electrons. The maximum Gasteiger partial charge on any atom is 0.127 e. The quantitative estimate of drug-likeness (QED) is 0.696. The Hall–Kier alpha value is -1.28. The molecule has 1 aliphatic heterocycles. The van der Waals surface area contributed by atoms with Gasteiger partial charge in [0.15, 0.2) is 0 Å². The van der Waals surface area contributed by atoms with E-state index in [0.29, 0.717) is 6.61 Å². The van der Waals surface area contributed by atoms with Crippen molar-refractivity contribution in [2.24, 2.45) is 0 Å². The van der Waals surface area contributed by atoms with Gasteiger partial charge in [0.05, 0.1) is 0 Å². The largest absolute Gasteiger partial charge is 0.489 e. The molecule has 1 nitrogen and oxygen atoms in total. The first-order valence-corrected chi connectivity index (χ1v) is 5.65. The molecule has 1 aliphatic rings. The van der Waals surface area contributed by atoms with Gasteiger partial charge in [0.25, 0.3) is 0 Å². The Bertz CT molecular complexity index is 558. The van der Waals surface area contributed by atoms with Crippen molar-refractivity contribution in [1.82, 2.24) is 0 Å². The van der Waals surface area contributed by atoms with E-state index in [1.54, 1.807) is 0 Å². The minimum atomic E-state index is 0.676. The van der Waals surface area contributed by atoms with E-state index in [9.17, 15) is 0 Å². The number of rotatable bonds is 0. The van der Waals surface area contributed by atoms with Gasteiger partial charge in [-0.1, -0.05) is 34.1 Å².